The van der Waals surface area contributed by atoms with Gasteiger partial charge in [-0.25, -0.2) is 0 Å². The van der Waals surface area contributed by atoms with Gasteiger partial charge in [0.05, 0.1) is 18.4 Å². The standard InChI is InChI=1S/C21H16ClN3O4/c22-13-4-7-17(24-19(27)18-3-1-2-8-23-18)12(9-13)11-25-20(28)15-6-5-14(26)10-16(15)21(25)29/h1-10,15-16,26H,11H2,(H,24,27). The van der Waals surface area contributed by atoms with Crippen molar-refractivity contribution in [2.75, 3.05) is 5.32 Å². The minimum absolute atomic E-state index is 0.0414. The molecule has 2 aliphatic rings. The van der Waals surface area contributed by atoms with Crippen LogP contribution in [0.5, 0.6) is 0 Å². The van der Waals surface area contributed by atoms with E-state index in [0.717, 1.165) is 4.90 Å². The zero-order valence-corrected chi connectivity index (χ0v) is 15.8. The van der Waals surface area contributed by atoms with E-state index in [1.165, 1.54) is 24.4 Å². The van der Waals surface area contributed by atoms with E-state index in [1.54, 1.807) is 36.4 Å². The lowest BCUT2D eigenvalue weighted by Crippen LogP contribution is -2.31. The van der Waals surface area contributed by atoms with Gasteiger partial charge in [-0.1, -0.05) is 23.7 Å². The lowest BCUT2D eigenvalue weighted by atomic mass is 9.90. The molecule has 2 unspecified atom stereocenters. The first-order valence-electron chi connectivity index (χ1n) is 8.89. The molecule has 2 N–H and O–H groups in total. The number of likely N-dealkylation sites (tertiary alicyclic amines) is 1. The predicted molar refractivity (Wildman–Crippen MR) is 106 cm³/mol. The first-order chi connectivity index (χ1) is 13.9. The molecule has 3 amide bonds. The van der Waals surface area contributed by atoms with E-state index in [1.807, 2.05) is 0 Å². The molecule has 146 valence electrons. The number of amides is 3. The number of hydrogen-bond acceptors (Lipinski definition) is 5. The van der Waals surface area contributed by atoms with Crippen molar-refractivity contribution in [1.29, 1.82) is 0 Å². The van der Waals surface area contributed by atoms with E-state index >= 15 is 0 Å². The summed E-state index contributed by atoms with van der Waals surface area (Å²) >= 11 is 6.10. The molecule has 1 aromatic heterocycles. The van der Waals surface area contributed by atoms with Gasteiger partial charge in [-0.3, -0.25) is 24.3 Å². The number of benzene rings is 1. The SMILES string of the molecule is O=C(Nc1ccc(Cl)cc1CN1C(=O)C2C=CC(O)=CC2C1=O)c1ccccn1. The maximum absolute atomic E-state index is 12.7. The second-order valence-corrected chi connectivity index (χ2v) is 7.17. The van der Waals surface area contributed by atoms with Crippen LogP contribution in [0.1, 0.15) is 16.1 Å². The summed E-state index contributed by atoms with van der Waals surface area (Å²) < 4.78 is 0. The highest BCUT2D eigenvalue weighted by Gasteiger charge is 2.46. The van der Waals surface area contributed by atoms with Gasteiger partial charge >= 0.3 is 0 Å². The maximum atomic E-state index is 12.7. The number of anilines is 1. The van der Waals surface area contributed by atoms with E-state index in [2.05, 4.69) is 10.3 Å². The Kier molecular flexibility index (Phi) is 4.90. The molecule has 7 nitrogen and oxygen atoms in total. The molecular formula is C21H16ClN3O4. The van der Waals surface area contributed by atoms with Gasteiger partial charge in [-0.05, 0) is 48.0 Å². The van der Waals surface area contributed by atoms with Crippen LogP contribution in [0.25, 0.3) is 0 Å². The summed E-state index contributed by atoms with van der Waals surface area (Å²) in [7, 11) is 0. The Morgan fingerprint density at radius 2 is 1.97 bits per heavy atom. The summed E-state index contributed by atoms with van der Waals surface area (Å²) in [5.74, 6) is -2.58. The fourth-order valence-electron chi connectivity index (χ4n) is 3.42. The Labute approximate surface area is 171 Å². The topological polar surface area (TPSA) is 99.6 Å². The largest absolute Gasteiger partial charge is 0.508 e. The molecule has 2 atom stereocenters. The van der Waals surface area contributed by atoms with Crippen LogP contribution in [0, 0.1) is 11.8 Å². The molecule has 1 aliphatic heterocycles. The lowest BCUT2D eigenvalue weighted by molar-refractivity contribution is -0.140. The number of nitrogens with one attached hydrogen (secondary N) is 1. The van der Waals surface area contributed by atoms with E-state index in [4.69, 9.17) is 11.6 Å². The molecule has 0 radical (unpaired) electrons. The van der Waals surface area contributed by atoms with Crippen molar-refractivity contribution in [3.8, 4) is 0 Å². The summed E-state index contributed by atoms with van der Waals surface area (Å²) in [5, 5.41) is 12.8. The van der Waals surface area contributed by atoms with Crippen LogP contribution in [0.4, 0.5) is 5.69 Å². The number of carbonyl (C=O) groups is 3. The summed E-state index contributed by atoms with van der Waals surface area (Å²) in [6, 6.07) is 9.80. The molecule has 1 aromatic carbocycles. The van der Waals surface area contributed by atoms with Gasteiger partial charge in [0.25, 0.3) is 5.91 Å². The summed E-state index contributed by atoms with van der Waals surface area (Å²) in [4.78, 5) is 43.0. The number of aliphatic hydroxyl groups is 1. The van der Waals surface area contributed by atoms with Gasteiger partial charge in [0, 0.05) is 16.9 Å². The third-order valence-electron chi connectivity index (χ3n) is 4.86. The van der Waals surface area contributed by atoms with Gasteiger partial charge in [-0.15, -0.1) is 0 Å². The fourth-order valence-corrected chi connectivity index (χ4v) is 3.61. The summed E-state index contributed by atoms with van der Waals surface area (Å²) in [6.07, 6.45) is 5.83. The number of aliphatic hydroxyl groups excluding tert-OH is 1. The Morgan fingerprint density at radius 3 is 2.72 bits per heavy atom. The number of carbonyl (C=O) groups excluding carboxylic acids is 3. The second kappa shape index (κ2) is 7.52. The highest BCUT2D eigenvalue weighted by atomic mass is 35.5. The van der Waals surface area contributed by atoms with Crippen molar-refractivity contribution in [2.24, 2.45) is 11.8 Å². The molecule has 2 heterocycles. The summed E-state index contributed by atoms with van der Waals surface area (Å²) in [5.41, 5.74) is 1.17. The molecular weight excluding hydrogens is 394 g/mol. The monoisotopic (exact) mass is 409 g/mol. The molecule has 1 fully saturated rings. The van der Waals surface area contributed by atoms with Crippen molar-refractivity contribution in [1.82, 2.24) is 9.88 Å². The van der Waals surface area contributed by atoms with Crippen LogP contribution in [0.15, 0.2) is 66.6 Å². The van der Waals surface area contributed by atoms with Gasteiger partial charge in [0.1, 0.15) is 11.5 Å². The van der Waals surface area contributed by atoms with Crippen molar-refractivity contribution in [3.05, 3.63) is 82.9 Å². The number of imide groups is 1. The first kappa shape index (κ1) is 18.9. The molecule has 2 aromatic rings. The normalized spacial score (nSPS) is 20.4. The average Bonchev–Trinajstić information content (AvgIpc) is 2.95. The Bertz CT molecular complexity index is 1060. The number of aromatic nitrogens is 1. The van der Waals surface area contributed by atoms with Crippen molar-refractivity contribution >= 4 is 35.0 Å². The Morgan fingerprint density at radius 1 is 1.17 bits per heavy atom. The number of fused-ring (bicyclic) bond motifs is 1. The van der Waals surface area contributed by atoms with Crippen molar-refractivity contribution in [3.63, 3.8) is 0 Å². The second-order valence-electron chi connectivity index (χ2n) is 6.74. The van der Waals surface area contributed by atoms with E-state index in [-0.39, 0.29) is 23.9 Å². The number of allylic oxidation sites excluding steroid dienone is 1. The number of pyridine rings is 1. The highest BCUT2D eigenvalue weighted by molar-refractivity contribution is 6.30. The maximum Gasteiger partial charge on any atom is 0.274 e. The van der Waals surface area contributed by atoms with Crippen LogP contribution in [0.2, 0.25) is 5.02 Å². The van der Waals surface area contributed by atoms with Gasteiger partial charge in [0.2, 0.25) is 11.8 Å². The van der Waals surface area contributed by atoms with Gasteiger partial charge in [-0.2, -0.15) is 0 Å². The van der Waals surface area contributed by atoms with Crippen LogP contribution in [-0.4, -0.2) is 32.7 Å². The molecule has 0 saturated carbocycles. The average molecular weight is 410 g/mol. The summed E-state index contributed by atoms with van der Waals surface area (Å²) in [6.45, 7) is -0.0501. The molecule has 8 heteroatoms. The fraction of sp³-hybridized carbons (Fsp3) is 0.143. The van der Waals surface area contributed by atoms with Gasteiger partial charge in [0.15, 0.2) is 0 Å². The van der Waals surface area contributed by atoms with E-state index in [9.17, 15) is 19.5 Å². The zero-order chi connectivity index (χ0) is 20.5. The third-order valence-corrected chi connectivity index (χ3v) is 5.09. The molecule has 0 bridgehead atoms. The number of nitrogens with zero attached hydrogens (tertiary/aromatic N) is 2. The van der Waals surface area contributed by atoms with E-state index < -0.39 is 23.7 Å². The smallest absolute Gasteiger partial charge is 0.274 e. The molecule has 1 saturated heterocycles. The van der Waals surface area contributed by atoms with Crippen molar-refractivity contribution < 1.29 is 19.5 Å². The highest BCUT2D eigenvalue weighted by Crippen LogP contribution is 2.34. The predicted octanol–water partition coefficient (Wildman–Crippen LogP) is 3.10. The molecule has 4 rings (SSSR count). The van der Waals surface area contributed by atoms with Crippen LogP contribution in [-0.2, 0) is 16.1 Å². The molecule has 29 heavy (non-hydrogen) atoms. The third kappa shape index (κ3) is 3.64. The number of halogens is 1. The lowest BCUT2D eigenvalue weighted by Gasteiger charge is -2.18. The first-order valence-corrected chi connectivity index (χ1v) is 9.27. The van der Waals surface area contributed by atoms with Crippen molar-refractivity contribution in [2.45, 2.75) is 6.54 Å². The minimum Gasteiger partial charge on any atom is -0.508 e. The van der Waals surface area contributed by atoms with Gasteiger partial charge < -0.3 is 10.4 Å². The van der Waals surface area contributed by atoms with E-state index in [0.29, 0.717) is 16.3 Å². The molecule has 0 spiro atoms. The van der Waals surface area contributed by atoms with Crippen LogP contribution >= 0.6 is 11.6 Å². The molecule has 1 aliphatic carbocycles. The number of hydrogen-bond donors (Lipinski definition) is 2. The Balaban J connectivity index is 1.60. The quantitative estimate of drug-likeness (QED) is 0.756. The number of rotatable bonds is 4. The minimum atomic E-state index is -0.724. The zero-order valence-electron chi connectivity index (χ0n) is 15.1. The van der Waals surface area contributed by atoms with Crippen LogP contribution in [0.3, 0.4) is 0 Å². The Hall–Kier alpha value is -3.45. The van der Waals surface area contributed by atoms with Crippen LogP contribution < -0.4 is 5.32 Å².